The van der Waals surface area contributed by atoms with E-state index in [0.717, 1.165) is 37.4 Å². The Labute approximate surface area is 108 Å². The number of carbonyl (C=O) groups excluding carboxylic acids is 1. The van der Waals surface area contributed by atoms with Crippen LogP contribution in [0.15, 0.2) is 12.4 Å². The van der Waals surface area contributed by atoms with Gasteiger partial charge in [0.15, 0.2) is 0 Å². The van der Waals surface area contributed by atoms with E-state index in [4.69, 9.17) is 0 Å². The zero-order valence-electron chi connectivity index (χ0n) is 11.0. The fourth-order valence-electron chi connectivity index (χ4n) is 2.32. The lowest BCUT2D eigenvalue weighted by Crippen LogP contribution is -2.43. The molecule has 0 radical (unpaired) electrons. The van der Waals surface area contributed by atoms with E-state index in [1.165, 1.54) is 0 Å². The molecular weight excluding hydrogens is 228 g/mol. The summed E-state index contributed by atoms with van der Waals surface area (Å²) in [6, 6.07) is 0. The fraction of sp³-hybridized carbons (Fsp3) is 0.615. The quantitative estimate of drug-likeness (QED) is 0.871. The molecule has 1 aromatic heterocycles. The molecule has 18 heavy (non-hydrogen) atoms. The van der Waals surface area contributed by atoms with Crippen molar-refractivity contribution in [2.45, 2.75) is 26.7 Å². The normalized spacial score (nSPS) is 19.7. The highest BCUT2D eigenvalue weighted by molar-refractivity contribution is 5.79. The van der Waals surface area contributed by atoms with Gasteiger partial charge in [0.2, 0.25) is 5.91 Å². The van der Waals surface area contributed by atoms with Crippen LogP contribution in [0.4, 0.5) is 5.82 Å². The summed E-state index contributed by atoms with van der Waals surface area (Å²) in [5.41, 5.74) is 0.910. The third kappa shape index (κ3) is 2.97. The topological polar surface area (TPSA) is 58.1 Å². The monoisotopic (exact) mass is 248 g/mol. The van der Waals surface area contributed by atoms with E-state index in [-0.39, 0.29) is 11.8 Å². The highest BCUT2D eigenvalue weighted by atomic mass is 16.1. The number of anilines is 1. The van der Waals surface area contributed by atoms with Crippen molar-refractivity contribution in [1.82, 2.24) is 15.3 Å². The van der Waals surface area contributed by atoms with Gasteiger partial charge in [0, 0.05) is 25.8 Å². The Morgan fingerprint density at radius 1 is 1.56 bits per heavy atom. The van der Waals surface area contributed by atoms with Crippen molar-refractivity contribution in [3.05, 3.63) is 18.1 Å². The van der Waals surface area contributed by atoms with Gasteiger partial charge in [-0.2, -0.15) is 0 Å². The van der Waals surface area contributed by atoms with Gasteiger partial charge in [-0.15, -0.1) is 0 Å². The molecule has 2 heterocycles. The molecular formula is C13H20N4O. The highest BCUT2D eigenvalue weighted by Gasteiger charge is 2.26. The number of hydrogen-bond acceptors (Lipinski definition) is 4. The number of hydrogen-bond donors (Lipinski definition) is 1. The first-order chi connectivity index (χ1) is 8.70. The maximum absolute atomic E-state index is 11.9. The summed E-state index contributed by atoms with van der Waals surface area (Å²) in [7, 11) is 0. The van der Waals surface area contributed by atoms with Crippen LogP contribution in [-0.4, -0.2) is 35.5 Å². The average Bonchev–Trinajstić information content (AvgIpc) is 2.39. The van der Waals surface area contributed by atoms with Gasteiger partial charge in [0.05, 0.1) is 17.8 Å². The number of piperidine rings is 1. The molecule has 0 spiro atoms. The second-order valence-electron chi connectivity index (χ2n) is 4.70. The van der Waals surface area contributed by atoms with Gasteiger partial charge < -0.3 is 10.2 Å². The number of rotatable bonds is 3. The molecule has 1 aliphatic rings. The third-order valence-electron chi connectivity index (χ3n) is 3.21. The molecule has 1 N–H and O–H groups in total. The second kappa shape index (κ2) is 5.80. The van der Waals surface area contributed by atoms with Gasteiger partial charge in [-0.1, -0.05) is 0 Å². The van der Waals surface area contributed by atoms with Crippen LogP contribution in [0, 0.1) is 12.8 Å². The van der Waals surface area contributed by atoms with Gasteiger partial charge in [0.1, 0.15) is 5.82 Å². The fourth-order valence-corrected chi connectivity index (χ4v) is 2.32. The number of carbonyl (C=O) groups is 1. The van der Waals surface area contributed by atoms with E-state index in [0.29, 0.717) is 6.54 Å². The van der Waals surface area contributed by atoms with Gasteiger partial charge in [-0.3, -0.25) is 9.78 Å². The Balaban J connectivity index is 2.04. The SMILES string of the molecule is CCNC(=O)C1CCCN(c2cncc(C)n2)C1. The Hall–Kier alpha value is -1.65. The summed E-state index contributed by atoms with van der Waals surface area (Å²) < 4.78 is 0. The molecule has 1 unspecified atom stereocenters. The molecule has 1 saturated heterocycles. The minimum Gasteiger partial charge on any atom is -0.356 e. The first kappa shape index (κ1) is 12.8. The van der Waals surface area contributed by atoms with Gasteiger partial charge in [-0.25, -0.2) is 4.98 Å². The van der Waals surface area contributed by atoms with Gasteiger partial charge in [-0.05, 0) is 26.7 Å². The molecule has 1 fully saturated rings. The van der Waals surface area contributed by atoms with Crippen LogP contribution in [0.1, 0.15) is 25.5 Å². The van der Waals surface area contributed by atoms with Crippen LogP contribution >= 0.6 is 0 Å². The number of aryl methyl sites for hydroxylation is 1. The zero-order chi connectivity index (χ0) is 13.0. The maximum atomic E-state index is 11.9. The number of nitrogens with zero attached hydrogens (tertiary/aromatic N) is 3. The van der Waals surface area contributed by atoms with Crippen LogP contribution in [0.25, 0.3) is 0 Å². The molecule has 2 rings (SSSR count). The molecule has 1 atom stereocenters. The molecule has 5 heteroatoms. The molecule has 1 aliphatic heterocycles. The first-order valence-corrected chi connectivity index (χ1v) is 6.52. The summed E-state index contributed by atoms with van der Waals surface area (Å²) in [5, 5.41) is 2.90. The van der Waals surface area contributed by atoms with Crippen molar-refractivity contribution in [3.8, 4) is 0 Å². The summed E-state index contributed by atoms with van der Waals surface area (Å²) in [4.78, 5) is 22.7. The van der Waals surface area contributed by atoms with Crippen LogP contribution < -0.4 is 10.2 Å². The van der Waals surface area contributed by atoms with Crippen molar-refractivity contribution in [1.29, 1.82) is 0 Å². The minimum atomic E-state index is 0.0704. The third-order valence-corrected chi connectivity index (χ3v) is 3.21. The van der Waals surface area contributed by atoms with Crippen LogP contribution in [0.3, 0.4) is 0 Å². The molecule has 1 aromatic rings. The minimum absolute atomic E-state index is 0.0704. The maximum Gasteiger partial charge on any atom is 0.224 e. The van der Waals surface area contributed by atoms with Crippen molar-refractivity contribution >= 4 is 11.7 Å². The van der Waals surface area contributed by atoms with Crippen molar-refractivity contribution < 1.29 is 4.79 Å². The lowest BCUT2D eigenvalue weighted by atomic mass is 9.97. The molecule has 0 aliphatic carbocycles. The average molecular weight is 248 g/mol. The molecule has 0 bridgehead atoms. The largest absolute Gasteiger partial charge is 0.356 e. The van der Waals surface area contributed by atoms with E-state index in [2.05, 4.69) is 20.2 Å². The number of aromatic nitrogens is 2. The lowest BCUT2D eigenvalue weighted by molar-refractivity contribution is -0.125. The van der Waals surface area contributed by atoms with Crippen LogP contribution in [0.5, 0.6) is 0 Å². The summed E-state index contributed by atoms with van der Waals surface area (Å²) in [6.07, 6.45) is 5.50. The predicted octanol–water partition coefficient (Wildman–Crippen LogP) is 1.14. The van der Waals surface area contributed by atoms with Gasteiger partial charge >= 0.3 is 0 Å². The Morgan fingerprint density at radius 2 is 2.39 bits per heavy atom. The standard InChI is InChI=1S/C13H20N4O/c1-3-15-13(18)11-5-4-6-17(9-11)12-8-14-7-10(2)16-12/h7-8,11H,3-6,9H2,1-2H3,(H,15,18). The molecule has 98 valence electrons. The van der Waals surface area contributed by atoms with Crippen LogP contribution in [0.2, 0.25) is 0 Å². The van der Waals surface area contributed by atoms with E-state index in [9.17, 15) is 4.79 Å². The van der Waals surface area contributed by atoms with E-state index < -0.39 is 0 Å². The molecule has 1 amide bonds. The predicted molar refractivity (Wildman–Crippen MR) is 70.4 cm³/mol. The Bertz CT molecular complexity index is 421. The van der Waals surface area contributed by atoms with E-state index in [1.54, 1.807) is 12.4 Å². The highest BCUT2D eigenvalue weighted by Crippen LogP contribution is 2.21. The van der Waals surface area contributed by atoms with Crippen LogP contribution in [-0.2, 0) is 4.79 Å². The Kier molecular flexibility index (Phi) is 4.12. The van der Waals surface area contributed by atoms with Crippen molar-refractivity contribution in [3.63, 3.8) is 0 Å². The zero-order valence-corrected chi connectivity index (χ0v) is 11.0. The number of nitrogens with one attached hydrogen (secondary N) is 1. The summed E-state index contributed by atoms with van der Waals surface area (Å²) in [6.45, 7) is 6.27. The molecule has 0 aromatic carbocycles. The lowest BCUT2D eigenvalue weighted by Gasteiger charge is -2.32. The number of amides is 1. The summed E-state index contributed by atoms with van der Waals surface area (Å²) >= 11 is 0. The first-order valence-electron chi connectivity index (χ1n) is 6.52. The smallest absolute Gasteiger partial charge is 0.224 e. The van der Waals surface area contributed by atoms with E-state index in [1.807, 2.05) is 13.8 Å². The van der Waals surface area contributed by atoms with Gasteiger partial charge in [0.25, 0.3) is 0 Å². The second-order valence-corrected chi connectivity index (χ2v) is 4.70. The van der Waals surface area contributed by atoms with Crippen molar-refractivity contribution in [2.24, 2.45) is 5.92 Å². The Morgan fingerprint density at radius 3 is 3.11 bits per heavy atom. The molecule has 5 nitrogen and oxygen atoms in total. The van der Waals surface area contributed by atoms with Crippen molar-refractivity contribution in [2.75, 3.05) is 24.5 Å². The van der Waals surface area contributed by atoms with E-state index >= 15 is 0 Å². The molecule has 0 saturated carbocycles. The summed E-state index contributed by atoms with van der Waals surface area (Å²) in [5.74, 6) is 1.10.